The highest BCUT2D eigenvalue weighted by Crippen LogP contribution is 2.29. The van der Waals surface area contributed by atoms with E-state index in [2.05, 4.69) is 30.5 Å². The molecule has 0 spiro atoms. The summed E-state index contributed by atoms with van der Waals surface area (Å²) in [6, 6.07) is 0. The maximum absolute atomic E-state index is 4.35. The van der Waals surface area contributed by atoms with Crippen LogP contribution in [0.3, 0.4) is 0 Å². The minimum atomic E-state index is 0.895. The first-order chi connectivity index (χ1) is 7.65. The van der Waals surface area contributed by atoms with Gasteiger partial charge < -0.3 is 5.32 Å². The summed E-state index contributed by atoms with van der Waals surface area (Å²) in [7, 11) is 1.98. The minimum Gasteiger partial charge on any atom is -0.312 e. The van der Waals surface area contributed by atoms with Crippen LogP contribution in [0.15, 0.2) is 6.20 Å². The lowest BCUT2D eigenvalue weighted by Gasteiger charge is -2.10. The fourth-order valence-electron chi connectivity index (χ4n) is 2.74. The van der Waals surface area contributed by atoms with E-state index in [1.165, 1.54) is 31.4 Å². The van der Waals surface area contributed by atoms with Crippen LogP contribution in [0, 0.1) is 18.8 Å². The van der Waals surface area contributed by atoms with Gasteiger partial charge in [-0.3, -0.25) is 4.68 Å². The highest BCUT2D eigenvalue weighted by atomic mass is 15.2. The molecule has 1 saturated carbocycles. The molecule has 3 heteroatoms. The summed E-state index contributed by atoms with van der Waals surface area (Å²) in [5.41, 5.74) is 2.48. The van der Waals surface area contributed by atoms with Crippen LogP contribution in [-0.2, 0) is 13.6 Å². The predicted octanol–water partition coefficient (Wildman–Crippen LogP) is 2.25. The van der Waals surface area contributed by atoms with Crippen molar-refractivity contribution in [3.05, 3.63) is 17.5 Å². The summed E-state index contributed by atoms with van der Waals surface area (Å²) in [5.74, 6) is 1.83. The van der Waals surface area contributed by atoms with Crippen molar-refractivity contribution in [2.24, 2.45) is 18.9 Å². The number of hydrogen-bond donors (Lipinski definition) is 1. The molecule has 0 radical (unpaired) electrons. The van der Waals surface area contributed by atoms with Gasteiger partial charge in [0.1, 0.15) is 0 Å². The Hall–Kier alpha value is -0.830. The normalized spacial score (nSPS) is 25.2. The molecule has 1 N–H and O–H groups in total. The van der Waals surface area contributed by atoms with E-state index < -0.39 is 0 Å². The number of nitrogens with zero attached hydrogens (tertiary/aromatic N) is 2. The predicted molar refractivity (Wildman–Crippen MR) is 66.2 cm³/mol. The van der Waals surface area contributed by atoms with Crippen LogP contribution >= 0.6 is 0 Å². The van der Waals surface area contributed by atoms with Crippen molar-refractivity contribution in [2.45, 2.75) is 39.7 Å². The van der Waals surface area contributed by atoms with E-state index in [-0.39, 0.29) is 0 Å². The third kappa shape index (κ3) is 2.85. The molecule has 1 heterocycles. The minimum absolute atomic E-state index is 0.895. The highest BCUT2D eigenvalue weighted by molar-refractivity contribution is 5.14. The van der Waals surface area contributed by atoms with Gasteiger partial charge in [0.05, 0.1) is 5.69 Å². The van der Waals surface area contributed by atoms with E-state index in [1.54, 1.807) is 0 Å². The second-order valence-electron chi connectivity index (χ2n) is 5.33. The van der Waals surface area contributed by atoms with Crippen LogP contribution in [0.4, 0.5) is 0 Å². The van der Waals surface area contributed by atoms with E-state index in [0.29, 0.717) is 0 Å². The van der Waals surface area contributed by atoms with Crippen molar-refractivity contribution >= 4 is 0 Å². The first-order valence-corrected chi connectivity index (χ1v) is 6.35. The lowest BCUT2D eigenvalue weighted by Crippen LogP contribution is -2.21. The van der Waals surface area contributed by atoms with Gasteiger partial charge in [0, 0.05) is 25.4 Å². The number of aromatic nitrogens is 2. The summed E-state index contributed by atoms with van der Waals surface area (Å²) in [5, 5.41) is 7.92. The Bertz CT molecular complexity index is 343. The van der Waals surface area contributed by atoms with Crippen molar-refractivity contribution in [3.8, 4) is 0 Å². The van der Waals surface area contributed by atoms with Crippen molar-refractivity contribution in [1.82, 2.24) is 15.1 Å². The molecule has 0 saturated heterocycles. The van der Waals surface area contributed by atoms with Gasteiger partial charge in [-0.25, -0.2) is 0 Å². The molecule has 0 aromatic carbocycles. The number of nitrogens with one attached hydrogen (secondary N) is 1. The van der Waals surface area contributed by atoms with Gasteiger partial charge >= 0.3 is 0 Å². The molecule has 2 atom stereocenters. The van der Waals surface area contributed by atoms with E-state index in [0.717, 1.165) is 24.1 Å². The Morgan fingerprint density at radius 2 is 2.31 bits per heavy atom. The summed E-state index contributed by atoms with van der Waals surface area (Å²) in [4.78, 5) is 0. The zero-order chi connectivity index (χ0) is 11.5. The van der Waals surface area contributed by atoms with E-state index in [9.17, 15) is 0 Å². The third-order valence-corrected chi connectivity index (χ3v) is 3.67. The average Bonchev–Trinajstić information content (AvgIpc) is 2.74. The van der Waals surface area contributed by atoms with Crippen LogP contribution in [0.2, 0.25) is 0 Å². The summed E-state index contributed by atoms with van der Waals surface area (Å²) in [6.07, 6.45) is 6.33. The average molecular weight is 221 g/mol. The van der Waals surface area contributed by atoms with Gasteiger partial charge in [-0.15, -0.1) is 0 Å². The van der Waals surface area contributed by atoms with Crippen LogP contribution < -0.4 is 5.32 Å². The largest absolute Gasteiger partial charge is 0.312 e. The Kier molecular flexibility index (Phi) is 3.64. The lowest BCUT2D eigenvalue weighted by atomic mass is 10.1. The molecule has 1 aromatic rings. The number of hydrogen-bond acceptors (Lipinski definition) is 2. The Morgan fingerprint density at radius 3 is 2.88 bits per heavy atom. The van der Waals surface area contributed by atoms with Gasteiger partial charge in [0.25, 0.3) is 0 Å². The smallest absolute Gasteiger partial charge is 0.0638 e. The van der Waals surface area contributed by atoms with Crippen molar-refractivity contribution in [2.75, 3.05) is 6.54 Å². The monoisotopic (exact) mass is 221 g/mol. The fraction of sp³-hybridized carbons (Fsp3) is 0.769. The molecule has 2 unspecified atom stereocenters. The zero-order valence-corrected chi connectivity index (χ0v) is 10.7. The molecule has 0 amide bonds. The molecule has 2 rings (SSSR count). The van der Waals surface area contributed by atoms with Gasteiger partial charge in [-0.05, 0) is 38.1 Å². The first kappa shape index (κ1) is 11.6. The quantitative estimate of drug-likeness (QED) is 0.845. The van der Waals surface area contributed by atoms with Crippen molar-refractivity contribution in [1.29, 1.82) is 0 Å². The summed E-state index contributed by atoms with van der Waals surface area (Å²) < 4.78 is 1.89. The molecule has 90 valence electrons. The Balaban J connectivity index is 1.74. The topological polar surface area (TPSA) is 29.9 Å². The molecule has 3 nitrogen and oxygen atoms in total. The van der Waals surface area contributed by atoms with Gasteiger partial charge in [0.15, 0.2) is 0 Å². The summed E-state index contributed by atoms with van der Waals surface area (Å²) >= 11 is 0. The Morgan fingerprint density at radius 1 is 1.50 bits per heavy atom. The zero-order valence-electron chi connectivity index (χ0n) is 10.7. The molecule has 1 aliphatic rings. The van der Waals surface area contributed by atoms with E-state index in [4.69, 9.17) is 0 Å². The highest BCUT2D eigenvalue weighted by Gasteiger charge is 2.20. The van der Waals surface area contributed by atoms with Crippen LogP contribution in [0.25, 0.3) is 0 Å². The molecular formula is C13H23N3. The van der Waals surface area contributed by atoms with Crippen LogP contribution in [-0.4, -0.2) is 16.3 Å². The maximum atomic E-state index is 4.35. The van der Waals surface area contributed by atoms with Gasteiger partial charge in [-0.2, -0.15) is 5.10 Å². The second kappa shape index (κ2) is 5.00. The molecular weight excluding hydrogens is 198 g/mol. The molecule has 0 aliphatic heterocycles. The van der Waals surface area contributed by atoms with Crippen LogP contribution in [0.1, 0.15) is 37.4 Å². The maximum Gasteiger partial charge on any atom is 0.0638 e. The van der Waals surface area contributed by atoms with E-state index in [1.807, 2.05) is 11.7 Å². The molecule has 1 fully saturated rings. The molecule has 1 aliphatic carbocycles. The SMILES string of the molecule is Cc1nn(C)cc1CNCC1CCC(C)C1. The van der Waals surface area contributed by atoms with Gasteiger partial charge in [-0.1, -0.05) is 13.3 Å². The first-order valence-electron chi connectivity index (χ1n) is 6.35. The number of aryl methyl sites for hydroxylation is 2. The second-order valence-corrected chi connectivity index (χ2v) is 5.33. The molecule has 16 heavy (non-hydrogen) atoms. The van der Waals surface area contributed by atoms with Crippen LogP contribution in [0.5, 0.6) is 0 Å². The number of rotatable bonds is 4. The standard InChI is InChI=1S/C13H23N3/c1-10-4-5-12(6-10)7-14-8-13-9-16(3)15-11(13)2/h9-10,12,14H,4-8H2,1-3H3. The van der Waals surface area contributed by atoms with Crippen molar-refractivity contribution < 1.29 is 0 Å². The molecule has 1 aromatic heterocycles. The van der Waals surface area contributed by atoms with Gasteiger partial charge in [0.2, 0.25) is 0 Å². The lowest BCUT2D eigenvalue weighted by molar-refractivity contribution is 0.470. The molecule has 0 bridgehead atoms. The van der Waals surface area contributed by atoms with E-state index >= 15 is 0 Å². The fourth-order valence-corrected chi connectivity index (χ4v) is 2.74. The summed E-state index contributed by atoms with van der Waals surface area (Å²) in [6.45, 7) is 6.57. The third-order valence-electron chi connectivity index (χ3n) is 3.67. The Labute approximate surface area is 98.2 Å². The van der Waals surface area contributed by atoms with Crippen molar-refractivity contribution in [3.63, 3.8) is 0 Å².